The molecule has 1 aliphatic rings. The summed E-state index contributed by atoms with van der Waals surface area (Å²) in [5.41, 5.74) is 1.81. The number of esters is 1. The lowest BCUT2D eigenvalue weighted by Gasteiger charge is -2.36. The molecule has 0 N–H and O–H groups in total. The van der Waals surface area contributed by atoms with Crippen molar-refractivity contribution in [3.05, 3.63) is 30.0 Å². The van der Waals surface area contributed by atoms with Crippen LogP contribution in [0.4, 0.5) is 5.82 Å². The Morgan fingerprint density at radius 2 is 1.84 bits per heavy atom. The number of piperidine rings is 1. The number of carbonyl (C=O) groups is 1. The van der Waals surface area contributed by atoms with Crippen molar-refractivity contribution in [3.8, 4) is 6.07 Å². The molecular formula is C19H22N4O2. The van der Waals surface area contributed by atoms with Gasteiger partial charge in [-0.1, -0.05) is 26.0 Å². The first kappa shape index (κ1) is 17.2. The summed E-state index contributed by atoms with van der Waals surface area (Å²) in [5.74, 6) is -0.0304. The molecule has 1 fully saturated rings. The van der Waals surface area contributed by atoms with Crippen LogP contribution in [0.15, 0.2) is 24.3 Å². The predicted octanol–water partition coefficient (Wildman–Crippen LogP) is 2.89. The topological polar surface area (TPSA) is 79.1 Å². The lowest BCUT2D eigenvalue weighted by molar-refractivity contribution is -0.141. The molecule has 0 radical (unpaired) electrons. The summed E-state index contributed by atoms with van der Waals surface area (Å²) in [6.07, 6.45) is 1.16. The van der Waals surface area contributed by atoms with Gasteiger partial charge < -0.3 is 9.64 Å². The van der Waals surface area contributed by atoms with E-state index in [1.165, 1.54) is 7.11 Å². The maximum absolute atomic E-state index is 12.1. The number of aromatic nitrogens is 2. The molecule has 3 atom stereocenters. The highest BCUT2D eigenvalue weighted by atomic mass is 16.5. The van der Waals surface area contributed by atoms with Gasteiger partial charge in [0.05, 0.1) is 24.2 Å². The highest BCUT2D eigenvalue weighted by Crippen LogP contribution is 2.32. The molecule has 0 aliphatic carbocycles. The van der Waals surface area contributed by atoms with E-state index in [1.807, 2.05) is 30.3 Å². The summed E-state index contributed by atoms with van der Waals surface area (Å²) in [4.78, 5) is 23.6. The van der Waals surface area contributed by atoms with Crippen molar-refractivity contribution in [2.75, 3.05) is 25.1 Å². The largest absolute Gasteiger partial charge is 0.468 e. The van der Waals surface area contributed by atoms with Gasteiger partial charge in [0, 0.05) is 13.1 Å². The molecule has 6 nitrogen and oxygen atoms in total. The van der Waals surface area contributed by atoms with Gasteiger partial charge in [-0.15, -0.1) is 0 Å². The van der Waals surface area contributed by atoms with Gasteiger partial charge >= 0.3 is 5.97 Å². The fraction of sp³-hybridized carbons (Fsp3) is 0.474. The number of methoxy groups -OCH3 is 1. The number of benzene rings is 1. The van der Waals surface area contributed by atoms with Gasteiger partial charge in [0.2, 0.25) is 0 Å². The molecule has 25 heavy (non-hydrogen) atoms. The number of nitriles is 1. The molecule has 1 aliphatic heterocycles. The van der Waals surface area contributed by atoms with E-state index in [0.29, 0.717) is 28.9 Å². The number of anilines is 1. The fourth-order valence-electron chi connectivity index (χ4n) is 3.61. The van der Waals surface area contributed by atoms with Crippen molar-refractivity contribution in [2.45, 2.75) is 26.2 Å². The second kappa shape index (κ2) is 7.06. The number of rotatable bonds is 3. The molecule has 0 unspecified atom stereocenters. The van der Waals surface area contributed by atoms with E-state index in [4.69, 9.17) is 9.72 Å². The third-order valence-corrected chi connectivity index (χ3v) is 4.59. The Labute approximate surface area is 147 Å². The number of carbonyl (C=O) groups excluding carboxylic acids is 1. The molecule has 0 spiro atoms. The molecule has 2 heterocycles. The summed E-state index contributed by atoms with van der Waals surface area (Å²) >= 11 is 0. The van der Waals surface area contributed by atoms with E-state index >= 15 is 0 Å². The zero-order valence-electron chi connectivity index (χ0n) is 14.8. The minimum absolute atomic E-state index is 0.384. The highest BCUT2D eigenvalue weighted by Gasteiger charge is 2.32. The Hall–Kier alpha value is -2.68. The molecule has 0 bridgehead atoms. The van der Waals surface area contributed by atoms with Gasteiger partial charge in [-0.3, -0.25) is 4.79 Å². The first-order chi connectivity index (χ1) is 12.0. The Bertz CT molecular complexity index is 820. The fourth-order valence-corrected chi connectivity index (χ4v) is 3.61. The second-order valence-electron chi connectivity index (χ2n) is 6.86. The van der Waals surface area contributed by atoms with Crippen LogP contribution >= 0.6 is 0 Å². The number of para-hydroxylation sites is 2. The molecule has 3 rings (SSSR count). The molecule has 130 valence electrons. The minimum atomic E-state index is -1.08. The van der Waals surface area contributed by atoms with E-state index in [-0.39, 0.29) is 0 Å². The molecule has 1 saturated heterocycles. The average molecular weight is 338 g/mol. The number of nitrogens with zero attached hydrogens (tertiary/aromatic N) is 4. The van der Waals surface area contributed by atoms with Gasteiger partial charge in [-0.25, -0.2) is 9.97 Å². The monoisotopic (exact) mass is 338 g/mol. The Morgan fingerprint density at radius 3 is 2.40 bits per heavy atom. The maximum atomic E-state index is 12.1. The molecule has 0 saturated carbocycles. The Morgan fingerprint density at radius 1 is 1.24 bits per heavy atom. The molecule has 1 aromatic carbocycles. The van der Waals surface area contributed by atoms with Crippen LogP contribution in [0, 0.1) is 23.2 Å². The predicted molar refractivity (Wildman–Crippen MR) is 95.1 cm³/mol. The van der Waals surface area contributed by atoms with Crippen LogP contribution in [-0.2, 0) is 9.53 Å². The van der Waals surface area contributed by atoms with Gasteiger partial charge in [-0.2, -0.15) is 5.26 Å². The second-order valence-corrected chi connectivity index (χ2v) is 6.86. The Balaban J connectivity index is 2.15. The van der Waals surface area contributed by atoms with Crippen molar-refractivity contribution >= 4 is 22.8 Å². The van der Waals surface area contributed by atoms with Crippen LogP contribution in [0.25, 0.3) is 11.0 Å². The third-order valence-electron chi connectivity index (χ3n) is 4.59. The third kappa shape index (κ3) is 3.41. The van der Waals surface area contributed by atoms with Crippen LogP contribution in [-0.4, -0.2) is 36.1 Å². The van der Waals surface area contributed by atoms with Crippen molar-refractivity contribution in [3.63, 3.8) is 0 Å². The van der Waals surface area contributed by atoms with Crippen molar-refractivity contribution in [2.24, 2.45) is 11.8 Å². The van der Waals surface area contributed by atoms with Crippen LogP contribution in [0.1, 0.15) is 31.9 Å². The van der Waals surface area contributed by atoms with Crippen molar-refractivity contribution < 1.29 is 9.53 Å². The van der Waals surface area contributed by atoms with Gasteiger partial charge in [-0.05, 0) is 30.4 Å². The van der Waals surface area contributed by atoms with Crippen LogP contribution < -0.4 is 4.90 Å². The summed E-state index contributed by atoms with van der Waals surface area (Å²) in [6, 6.07) is 9.54. The number of fused-ring (bicyclic) bond motifs is 1. The summed E-state index contributed by atoms with van der Waals surface area (Å²) in [6.45, 7) is 6.09. The summed E-state index contributed by atoms with van der Waals surface area (Å²) < 4.78 is 4.81. The number of hydrogen-bond acceptors (Lipinski definition) is 6. The molecular weight excluding hydrogens is 316 g/mol. The SMILES string of the molecule is COC(=O)[C@H](C#N)c1nc2ccccc2nc1N1C[C@H](C)C[C@H](C)C1. The highest BCUT2D eigenvalue weighted by molar-refractivity contribution is 5.85. The van der Waals surface area contributed by atoms with Crippen LogP contribution in [0.3, 0.4) is 0 Å². The summed E-state index contributed by atoms with van der Waals surface area (Å²) in [7, 11) is 1.28. The van der Waals surface area contributed by atoms with Crippen molar-refractivity contribution in [1.82, 2.24) is 9.97 Å². The first-order valence-corrected chi connectivity index (χ1v) is 8.52. The standard InChI is InChI=1S/C19H22N4O2/c1-12-8-13(2)11-23(10-12)18-17(14(9-20)19(24)25-3)21-15-6-4-5-7-16(15)22-18/h4-7,12-14H,8,10-11H2,1-3H3/t12-,13+,14-/m1/s1. The first-order valence-electron chi connectivity index (χ1n) is 8.52. The van der Waals surface area contributed by atoms with E-state index in [2.05, 4.69) is 23.7 Å². The molecule has 1 aromatic heterocycles. The minimum Gasteiger partial charge on any atom is -0.468 e. The normalized spacial score (nSPS) is 21.6. The lowest BCUT2D eigenvalue weighted by atomic mass is 9.91. The van der Waals surface area contributed by atoms with E-state index < -0.39 is 11.9 Å². The van der Waals surface area contributed by atoms with Gasteiger partial charge in [0.15, 0.2) is 11.7 Å². The number of hydrogen-bond donors (Lipinski definition) is 0. The zero-order valence-corrected chi connectivity index (χ0v) is 14.8. The molecule has 0 amide bonds. The quantitative estimate of drug-likeness (QED) is 0.801. The molecule has 2 aromatic rings. The smallest absolute Gasteiger partial charge is 0.329 e. The van der Waals surface area contributed by atoms with Gasteiger partial charge in [0.25, 0.3) is 0 Å². The van der Waals surface area contributed by atoms with Crippen LogP contribution in [0.2, 0.25) is 0 Å². The average Bonchev–Trinajstić information content (AvgIpc) is 2.60. The van der Waals surface area contributed by atoms with Gasteiger partial charge in [0.1, 0.15) is 5.69 Å². The molecule has 6 heteroatoms. The van der Waals surface area contributed by atoms with E-state index in [1.54, 1.807) is 0 Å². The zero-order chi connectivity index (χ0) is 18.0. The van der Waals surface area contributed by atoms with Crippen LogP contribution in [0.5, 0.6) is 0 Å². The van der Waals surface area contributed by atoms with Crippen molar-refractivity contribution in [1.29, 1.82) is 5.26 Å². The lowest BCUT2D eigenvalue weighted by Crippen LogP contribution is -2.40. The maximum Gasteiger partial charge on any atom is 0.329 e. The number of ether oxygens (including phenoxy) is 1. The van der Waals surface area contributed by atoms with E-state index in [0.717, 1.165) is 25.0 Å². The summed E-state index contributed by atoms with van der Waals surface area (Å²) in [5, 5.41) is 9.54. The van der Waals surface area contributed by atoms with E-state index in [9.17, 15) is 10.1 Å². The Kier molecular flexibility index (Phi) is 4.84.